The van der Waals surface area contributed by atoms with Gasteiger partial charge in [-0.15, -0.1) is 0 Å². The van der Waals surface area contributed by atoms with Crippen LogP contribution in [-0.2, 0) is 13.1 Å². The SMILES string of the molecule is Cc1oc(CN2CCC(C(C)C)C2)cc1CNC(C)(C)C. The van der Waals surface area contributed by atoms with Crippen molar-refractivity contribution < 1.29 is 4.42 Å². The van der Waals surface area contributed by atoms with Crippen LogP contribution < -0.4 is 5.32 Å². The number of hydrogen-bond acceptors (Lipinski definition) is 3. The van der Waals surface area contributed by atoms with Crippen LogP contribution in [-0.4, -0.2) is 23.5 Å². The summed E-state index contributed by atoms with van der Waals surface area (Å²) in [4.78, 5) is 2.53. The summed E-state index contributed by atoms with van der Waals surface area (Å²) in [7, 11) is 0. The van der Waals surface area contributed by atoms with Crippen LogP contribution in [0, 0.1) is 18.8 Å². The van der Waals surface area contributed by atoms with Gasteiger partial charge < -0.3 is 9.73 Å². The number of hydrogen-bond donors (Lipinski definition) is 1. The lowest BCUT2D eigenvalue weighted by Gasteiger charge is -2.20. The summed E-state index contributed by atoms with van der Waals surface area (Å²) in [6.45, 7) is 17.6. The Labute approximate surface area is 130 Å². The fourth-order valence-corrected chi connectivity index (χ4v) is 2.97. The molecular formula is C18H32N2O. The maximum atomic E-state index is 5.96. The molecule has 0 amide bonds. The second-order valence-corrected chi connectivity index (χ2v) is 7.93. The van der Waals surface area contributed by atoms with Crippen molar-refractivity contribution in [3.8, 4) is 0 Å². The monoisotopic (exact) mass is 292 g/mol. The van der Waals surface area contributed by atoms with E-state index in [4.69, 9.17) is 4.42 Å². The quantitative estimate of drug-likeness (QED) is 0.890. The topological polar surface area (TPSA) is 28.4 Å². The molecule has 1 atom stereocenters. The second kappa shape index (κ2) is 6.53. The average Bonchev–Trinajstić information content (AvgIpc) is 2.93. The molecule has 3 nitrogen and oxygen atoms in total. The molecule has 1 aliphatic heterocycles. The smallest absolute Gasteiger partial charge is 0.118 e. The molecular weight excluding hydrogens is 260 g/mol. The molecule has 2 rings (SSSR count). The number of furan rings is 1. The highest BCUT2D eigenvalue weighted by molar-refractivity contribution is 5.21. The van der Waals surface area contributed by atoms with E-state index >= 15 is 0 Å². The van der Waals surface area contributed by atoms with Crippen LogP contribution in [0.4, 0.5) is 0 Å². The molecule has 0 aliphatic carbocycles. The minimum Gasteiger partial charge on any atom is -0.465 e. The highest BCUT2D eigenvalue weighted by atomic mass is 16.3. The molecule has 1 N–H and O–H groups in total. The van der Waals surface area contributed by atoms with Crippen molar-refractivity contribution in [1.29, 1.82) is 0 Å². The predicted octanol–water partition coefficient (Wildman–Crippen LogP) is 3.95. The van der Waals surface area contributed by atoms with Crippen molar-refractivity contribution in [2.45, 2.75) is 66.6 Å². The van der Waals surface area contributed by atoms with Gasteiger partial charge in [-0.05, 0) is 58.6 Å². The third-order valence-electron chi connectivity index (χ3n) is 4.51. The number of rotatable bonds is 5. The van der Waals surface area contributed by atoms with Crippen molar-refractivity contribution in [3.05, 3.63) is 23.2 Å². The van der Waals surface area contributed by atoms with Gasteiger partial charge in [-0.1, -0.05) is 13.8 Å². The fraction of sp³-hybridized carbons (Fsp3) is 0.778. The molecule has 3 heteroatoms. The average molecular weight is 292 g/mol. The molecule has 1 saturated heterocycles. The van der Waals surface area contributed by atoms with E-state index in [1.807, 2.05) is 0 Å². The fourth-order valence-electron chi connectivity index (χ4n) is 2.97. The van der Waals surface area contributed by atoms with Gasteiger partial charge in [0.25, 0.3) is 0 Å². The predicted molar refractivity (Wildman–Crippen MR) is 88.3 cm³/mol. The van der Waals surface area contributed by atoms with Crippen molar-refractivity contribution in [3.63, 3.8) is 0 Å². The Bertz CT molecular complexity index is 456. The highest BCUT2D eigenvalue weighted by Gasteiger charge is 2.25. The van der Waals surface area contributed by atoms with E-state index in [1.54, 1.807) is 0 Å². The second-order valence-electron chi connectivity index (χ2n) is 7.93. The van der Waals surface area contributed by atoms with E-state index in [9.17, 15) is 0 Å². The molecule has 1 aromatic heterocycles. The summed E-state index contributed by atoms with van der Waals surface area (Å²) < 4.78 is 5.96. The van der Waals surface area contributed by atoms with Gasteiger partial charge in [-0.3, -0.25) is 4.90 Å². The molecule has 1 aliphatic rings. The third kappa shape index (κ3) is 4.86. The van der Waals surface area contributed by atoms with Gasteiger partial charge >= 0.3 is 0 Å². The summed E-state index contributed by atoms with van der Waals surface area (Å²) in [6, 6.07) is 2.23. The van der Waals surface area contributed by atoms with Crippen LogP contribution in [0.5, 0.6) is 0 Å². The zero-order valence-electron chi connectivity index (χ0n) is 14.6. The van der Waals surface area contributed by atoms with Crippen molar-refractivity contribution in [2.75, 3.05) is 13.1 Å². The van der Waals surface area contributed by atoms with E-state index in [2.05, 4.69) is 57.8 Å². The largest absolute Gasteiger partial charge is 0.465 e. The molecule has 1 unspecified atom stereocenters. The van der Waals surface area contributed by atoms with Gasteiger partial charge in [0.15, 0.2) is 0 Å². The normalized spacial score (nSPS) is 20.6. The van der Waals surface area contributed by atoms with Gasteiger partial charge in [-0.2, -0.15) is 0 Å². The van der Waals surface area contributed by atoms with Gasteiger partial charge in [0, 0.05) is 24.2 Å². The lowest BCUT2D eigenvalue weighted by atomic mass is 9.95. The first-order valence-electron chi connectivity index (χ1n) is 8.30. The number of nitrogens with zero attached hydrogens (tertiary/aromatic N) is 1. The number of nitrogens with one attached hydrogen (secondary N) is 1. The first-order chi connectivity index (χ1) is 9.74. The lowest BCUT2D eigenvalue weighted by Crippen LogP contribution is -2.35. The molecule has 120 valence electrons. The van der Waals surface area contributed by atoms with Crippen LogP contribution in [0.2, 0.25) is 0 Å². The Morgan fingerprint density at radius 1 is 1.38 bits per heavy atom. The zero-order valence-corrected chi connectivity index (χ0v) is 14.6. The Hall–Kier alpha value is -0.800. The van der Waals surface area contributed by atoms with E-state index < -0.39 is 0 Å². The first kappa shape index (κ1) is 16.6. The molecule has 0 spiro atoms. The van der Waals surface area contributed by atoms with E-state index in [1.165, 1.54) is 25.1 Å². The molecule has 1 fully saturated rings. The number of aryl methyl sites for hydroxylation is 1. The summed E-state index contributed by atoms with van der Waals surface area (Å²) in [5.41, 5.74) is 1.43. The molecule has 0 radical (unpaired) electrons. The van der Waals surface area contributed by atoms with Crippen molar-refractivity contribution in [1.82, 2.24) is 10.2 Å². The van der Waals surface area contributed by atoms with Crippen LogP contribution in [0.1, 0.15) is 58.1 Å². The van der Waals surface area contributed by atoms with E-state index in [0.29, 0.717) is 0 Å². The lowest BCUT2D eigenvalue weighted by molar-refractivity contribution is 0.271. The first-order valence-corrected chi connectivity index (χ1v) is 8.30. The standard InChI is InChI=1S/C18H32N2O/c1-13(2)15-7-8-20(11-15)12-17-9-16(14(3)21-17)10-19-18(4,5)6/h9,13,15,19H,7-8,10-12H2,1-6H3. The number of likely N-dealkylation sites (tertiary alicyclic amines) is 1. The maximum Gasteiger partial charge on any atom is 0.118 e. The van der Waals surface area contributed by atoms with Crippen LogP contribution >= 0.6 is 0 Å². The highest BCUT2D eigenvalue weighted by Crippen LogP contribution is 2.26. The minimum absolute atomic E-state index is 0.142. The molecule has 0 aromatic carbocycles. The van der Waals surface area contributed by atoms with Crippen LogP contribution in [0.25, 0.3) is 0 Å². The molecule has 2 heterocycles. The Morgan fingerprint density at radius 2 is 2.10 bits per heavy atom. The maximum absolute atomic E-state index is 5.96. The van der Waals surface area contributed by atoms with E-state index in [0.717, 1.165) is 36.4 Å². The van der Waals surface area contributed by atoms with E-state index in [-0.39, 0.29) is 5.54 Å². The van der Waals surface area contributed by atoms with Crippen molar-refractivity contribution in [2.24, 2.45) is 11.8 Å². The molecule has 1 aromatic rings. The summed E-state index contributed by atoms with van der Waals surface area (Å²) >= 11 is 0. The molecule has 21 heavy (non-hydrogen) atoms. The van der Waals surface area contributed by atoms with Crippen LogP contribution in [0.15, 0.2) is 10.5 Å². The van der Waals surface area contributed by atoms with Crippen molar-refractivity contribution >= 4 is 0 Å². The third-order valence-corrected chi connectivity index (χ3v) is 4.51. The summed E-state index contributed by atoms with van der Waals surface area (Å²) in [6.07, 6.45) is 1.33. The summed E-state index contributed by atoms with van der Waals surface area (Å²) in [5, 5.41) is 3.53. The van der Waals surface area contributed by atoms with Gasteiger partial charge in [-0.25, -0.2) is 0 Å². The van der Waals surface area contributed by atoms with Gasteiger partial charge in [0.2, 0.25) is 0 Å². The Morgan fingerprint density at radius 3 is 2.67 bits per heavy atom. The molecule has 0 bridgehead atoms. The molecule has 0 saturated carbocycles. The Kier molecular flexibility index (Phi) is 5.15. The summed E-state index contributed by atoms with van der Waals surface area (Å²) in [5.74, 6) is 3.81. The van der Waals surface area contributed by atoms with Gasteiger partial charge in [0.05, 0.1) is 6.54 Å². The minimum atomic E-state index is 0.142. The van der Waals surface area contributed by atoms with Gasteiger partial charge in [0.1, 0.15) is 11.5 Å². The zero-order chi connectivity index (χ0) is 15.6. The van der Waals surface area contributed by atoms with Crippen LogP contribution in [0.3, 0.4) is 0 Å². The Balaban J connectivity index is 1.90.